The largest absolute Gasteiger partial charge is 0.329 e. The maximum atomic E-state index is 6.11. The highest BCUT2D eigenvalue weighted by molar-refractivity contribution is 5.00. The van der Waals surface area contributed by atoms with Crippen molar-refractivity contribution in [2.75, 3.05) is 33.2 Å². The third-order valence-corrected chi connectivity index (χ3v) is 4.14. The molecule has 0 aromatic rings. The summed E-state index contributed by atoms with van der Waals surface area (Å²) in [5, 5.41) is 0. The second-order valence-corrected chi connectivity index (χ2v) is 5.91. The third-order valence-electron chi connectivity index (χ3n) is 4.14. The Labute approximate surface area is 107 Å². The van der Waals surface area contributed by atoms with E-state index in [1.807, 2.05) is 0 Å². The Bertz CT molecular complexity index is 218. The molecule has 1 unspecified atom stereocenters. The van der Waals surface area contributed by atoms with Crippen molar-refractivity contribution in [1.82, 2.24) is 9.80 Å². The molecule has 0 aromatic heterocycles. The molecule has 1 aliphatic heterocycles. The molecule has 0 saturated carbocycles. The first-order chi connectivity index (χ1) is 8.05. The molecule has 0 spiro atoms. The van der Waals surface area contributed by atoms with Crippen LogP contribution in [0.25, 0.3) is 0 Å². The molecule has 0 aliphatic carbocycles. The van der Waals surface area contributed by atoms with E-state index >= 15 is 0 Å². The molecular formula is C14H31N3. The highest BCUT2D eigenvalue weighted by atomic mass is 15.3. The van der Waals surface area contributed by atoms with Crippen LogP contribution < -0.4 is 5.73 Å². The van der Waals surface area contributed by atoms with Gasteiger partial charge in [-0.3, -0.25) is 4.90 Å². The van der Waals surface area contributed by atoms with E-state index < -0.39 is 0 Å². The van der Waals surface area contributed by atoms with Crippen LogP contribution in [0.4, 0.5) is 0 Å². The van der Waals surface area contributed by atoms with Gasteiger partial charge in [-0.2, -0.15) is 0 Å². The van der Waals surface area contributed by atoms with Gasteiger partial charge in [0.15, 0.2) is 0 Å². The van der Waals surface area contributed by atoms with E-state index in [1.54, 1.807) is 0 Å². The predicted molar refractivity (Wildman–Crippen MR) is 75.3 cm³/mol. The fourth-order valence-corrected chi connectivity index (χ4v) is 3.15. The van der Waals surface area contributed by atoms with Crippen LogP contribution in [0.15, 0.2) is 0 Å². The van der Waals surface area contributed by atoms with E-state index in [4.69, 9.17) is 5.73 Å². The van der Waals surface area contributed by atoms with Crippen molar-refractivity contribution in [3.05, 3.63) is 0 Å². The summed E-state index contributed by atoms with van der Waals surface area (Å²) >= 11 is 0. The van der Waals surface area contributed by atoms with Crippen molar-refractivity contribution in [3.8, 4) is 0 Å². The predicted octanol–water partition coefficient (Wildman–Crippen LogP) is 1.92. The molecule has 1 rings (SSSR count). The zero-order valence-electron chi connectivity index (χ0n) is 12.2. The number of likely N-dealkylation sites (tertiary alicyclic amines) is 1. The van der Waals surface area contributed by atoms with Gasteiger partial charge in [-0.15, -0.1) is 0 Å². The molecule has 0 radical (unpaired) electrons. The Morgan fingerprint density at radius 2 is 2.06 bits per heavy atom. The van der Waals surface area contributed by atoms with E-state index in [2.05, 4.69) is 37.6 Å². The normalized spacial score (nSPS) is 26.3. The van der Waals surface area contributed by atoms with E-state index in [9.17, 15) is 0 Å². The highest BCUT2D eigenvalue weighted by Gasteiger charge is 2.41. The topological polar surface area (TPSA) is 32.5 Å². The van der Waals surface area contributed by atoms with Gasteiger partial charge in [-0.05, 0) is 46.8 Å². The lowest BCUT2D eigenvalue weighted by molar-refractivity contribution is 0.0670. The maximum absolute atomic E-state index is 6.11. The molecule has 0 bridgehead atoms. The maximum Gasteiger partial charge on any atom is 0.0473 e. The zero-order chi connectivity index (χ0) is 12.9. The number of unbranched alkanes of at least 4 members (excludes halogenated alkanes) is 2. The average Bonchev–Trinajstić information content (AvgIpc) is 2.67. The van der Waals surface area contributed by atoms with Crippen LogP contribution in [0.1, 0.15) is 46.5 Å². The summed E-state index contributed by atoms with van der Waals surface area (Å²) in [5.74, 6) is 0. The molecule has 17 heavy (non-hydrogen) atoms. The van der Waals surface area contributed by atoms with E-state index in [0.29, 0.717) is 6.04 Å². The molecule has 102 valence electrons. The molecule has 1 fully saturated rings. The monoisotopic (exact) mass is 241 g/mol. The molecule has 3 heteroatoms. The first-order valence-electron chi connectivity index (χ1n) is 7.21. The van der Waals surface area contributed by atoms with Gasteiger partial charge in [0.25, 0.3) is 0 Å². The number of hydrogen-bond donors (Lipinski definition) is 1. The van der Waals surface area contributed by atoms with E-state index in [0.717, 1.165) is 13.1 Å². The lowest BCUT2D eigenvalue weighted by Crippen LogP contribution is -2.58. The molecule has 2 N–H and O–H groups in total. The minimum Gasteiger partial charge on any atom is -0.329 e. The SMILES string of the molecule is CCCCCN(C(C)C)C1(CN)CCN(C)C1. The summed E-state index contributed by atoms with van der Waals surface area (Å²) < 4.78 is 0. The van der Waals surface area contributed by atoms with E-state index in [1.165, 1.54) is 38.8 Å². The Morgan fingerprint density at radius 1 is 1.35 bits per heavy atom. The van der Waals surface area contributed by atoms with E-state index in [-0.39, 0.29) is 5.54 Å². The summed E-state index contributed by atoms with van der Waals surface area (Å²) in [7, 11) is 2.21. The molecule has 1 atom stereocenters. The van der Waals surface area contributed by atoms with Gasteiger partial charge >= 0.3 is 0 Å². The van der Waals surface area contributed by atoms with Gasteiger partial charge in [0, 0.05) is 24.7 Å². The molecular weight excluding hydrogens is 210 g/mol. The second kappa shape index (κ2) is 6.72. The average molecular weight is 241 g/mol. The highest BCUT2D eigenvalue weighted by Crippen LogP contribution is 2.28. The van der Waals surface area contributed by atoms with Crippen LogP contribution >= 0.6 is 0 Å². The Balaban J connectivity index is 2.66. The van der Waals surface area contributed by atoms with Crippen molar-refractivity contribution in [2.24, 2.45) is 5.73 Å². The van der Waals surface area contributed by atoms with Crippen molar-refractivity contribution in [2.45, 2.75) is 58.0 Å². The quantitative estimate of drug-likeness (QED) is 0.691. The van der Waals surface area contributed by atoms with Gasteiger partial charge in [-0.1, -0.05) is 19.8 Å². The number of likely N-dealkylation sites (N-methyl/N-ethyl adjacent to an activating group) is 1. The summed E-state index contributed by atoms with van der Waals surface area (Å²) in [5.41, 5.74) is 6.34. The van der Waals surface area contributed by atoms with Crippen LogP contribution in [0.3, 0.4) is 0 Å². The lowest BCUT2D eigenvalue weighted by atomic mass is 9.94. The molecule has 3 nitrogen and oxygen atoms in total. The van der Waals surface area contributed by atoms with Crippen LogP contribution in [0.2, 0.25) is 0 Å². The first-order valence-corrected chi connectivity index (χ1v) is 7.21. The molecule has 1 saturated heterocycles. The number of hydrogen-bond acceptors (Lipinski definition) is 3. The standard InChI is InChI=1S/C14H31N3/c1-5-6-7-9-17(13(2)3)14(11-15)8-10-16(4)12-14/h13H,5-12,15H2,1-4H3. The van der Waals surface area contributed by atoms with Gasteiger partial charge in [-0.25, -0.2) is 0 Å². The lowest BCUT2D eigenvalue weighted by Gasteiger charge is -2.43. The summed E-state index contributed by atoms with van der Waals surface area (Å²) in [6, 6.07) is 0.599. The number of nitrogens with zero attached hydrogens (tertiary/aromatic N) is 2. The van der Waals surface area contributed by atoms with Crippen molar-refractivity contribution in [1.29, 1.82) is 0 Å². The summed E-state index contributed by atoms with van der Waals surface area (Å²) in [4.78, 5) is 5.08. The van der Waals surface area contributed by atoms with Gasteiger partial charge in [0.2, 0.25) is 0 Å². The van der Waals surface area contributed by atoms with Crippen LogP contribution in [-0.2, 0) is 0 Å². The smallest absolute Gasteiger partial charge is 0.0473 e. The van der Waals surface area contributed by atoms with Gasteiger partial charge in [0.05, 0.1) is 0 Å². The fraction of sp³-hybridized carbons (Fsp3) is 1.00. The number of nitrogens with two attached hydrogens (primary N) is 1. The van der Waals surface area contributed by atoms with Crippen LogP contribution in [-0.4, -0.2) is 54.6 Å². The Kier molecular flexibility index (Phi) is 5.90. The molecule has 1 heterocycles. The van der Waals surface area contributed by atoms with Gasteiger partial charge < -0.3 is 10.6 Å². The minimum absolute atomic E-state index is 0.233. The molecule has 0 amide bonds. The Hall–Kier alpha value is -0.120. The molecule has 1 aliphatic rings. The molecule has 0 aromatic carbocycles. The first kappa shape index (κ1) is 14.9. The third kappa shape index (κ3) is 3.67. The van der Waals surface area contributed by atoms with Crippen molar-refractivity contribution >= 4 is 0 Å². The summed E-state index contributed by atoms with van der Waals surface area (Å²) in [6.45, 7) is 11.2. The van der Waals surface area contributed by atoms with Crippen LogP contribution in [0, 0.1) is 0 Å². The fourth-order valence-electron chi connectivity index (χ4n) is 3.15. The zero-order valence-corrected chi connectivity index (χ0v) is 12.2. The minimum atomic E-state index is 0.233. The van der Waals surface area contributed by atoms with Crippen molar-refractivity contribution in [3.63, 3.8) is 0 Å². The second-order valence-electron chi connectivity index (χ2n) is 5.91. The summed E-state index contributed by atoms with van der Waals surface area (Å²) in [6.07, 6.45) is 5.16. The van der Waals surface area contributed by atoms with Gasteiger partial charge in [0.1, 0.15) is 0 Å². The van der Waals surface area contributed by atoms with Crippen LogP contribution in [0.5, 0.6) is 0 Å². The van der Waals surface area contributed by atoms with Crippen molar-refractivity contribution < 1.29 is 0 Å². The number of rotatable bonds is 7. The Morgan fingerprint density at radius 3 is 2.47 bits per heavy atom.